The van der Waals surface area contributed by atoms with Gasteiger partial charge < -0.3 is 16.0 Å². The lowest BCUT2D eigenvalue weighted by molar-refractivity contribution is -0.122. The van der Waals surface area contributed by atoms with Crippen molar-refractivity contribution in [1.82, 2.24) is 16.0 Å². The van der Waals surface area contributed by atoms with Crippen LogP contribution in [0.5, 0.6) is 0 Å². The van der Waals surface area contributed by atoms with Crippen LogP contribution in [0.15, 0.2) is 30.3 Å². The van der Waals surface area contributed by atoms with Crippen molar-refractivity contribution in [3.8, 4) is 0 Å². The second kappa shape index (κ2) is 10.2. The number of piperidine rings is 1. The first-order valence-corrected chi connectivity index (χ1v) is 8.00. The summed E-state index contributed by atoms with van der Waals surface area (Å²) in [6, 6.07) is 9.32. The van der Waals surface area contributed by atoms with E-state index in [2.05, 4.69) is 22.9 Å². The first-order chi connectivity index (χ1) is 10.7. The molecule has 1 fully saturated rings. The molecule has 0 spiro atoms. The molecule has 0 aromatic heterocycles. The van der Waals surface area contributed by atoms with Gasteiger partial charge in [-0.1, -0.05) is 25.1 Å². The SMILES string of the molecule is CC1CCNCC1NC(=O)CCCNC(=O)c1ccccc1.Cl. The predicted molar refractivity (Wildman–Crippen MR) is 93.8 cm³/mol. The summed E-state index contributed by atoms with van der Waals surface area (Å²) < 4.78 is 0. The molecule has 1 aliphatic heterocycles. The fraction of sp³-hybridized carbons (Fsp3) is 0.529. The van der Waals surface area contributed by atoms with Crippen LogP contribution in [0.3, 0.4) is 0 Å². The highest BCUT2D eigenvalue weighted by molar-refractivity contribution is 5.94. The largest absolute Gasteiger partial charge is 0.352 e. The molecule has 5 nitrogen and oxygen atoms in total. The molecule has 0 saturated carbocycles. The van der Waals surface area contributed by atoms with Gasteiger partial charge in [0.05, 0.1) is 0 Å². The number of amides is 2. The molecule has 2 atom stereocenters. The number of hydrogen-bond acceptors (Lipinski definition) is 3. The number of carbonyl (C=O) groups is 2. The minimum Gasteiger partial charge on any atom is -0.352 e. The molecule has 1 heterocycles. The smallest absolute Gasteiger partial charge is 0.251 e. The van der Waals surface area contributed by atoms with Gasteiger partial charge in [0.2, 0.25) is 5.91 Å². The van der Waals surface area contributed by atoms with Crippen LogP contribution < -0.4 is 16.0 Å². The molecule has 23 heavy (non-hydrogen) atoms. The van der Waals surface area contributed by atoms with E-state index in [4.69, 9.17) is 0 Å². The Hall–Kier alpha value is -1.59. The Morgan fingerprint density at radius 2 is 2.00 bits per heavy atom. The Labute approximate surface area is 144 Å². The van der Waals surface area contributed by atoms with E-state index in [1.54, 1.807) is 12.1 Å². The lowest BCUT2D eigenvalue weighted by atomic mass is 9.95. The highest BCUT2D eigenvalue weighted by Crippen LogP contribution is 2.11. The molecular formula is C17H26ClN3O2. The Morgan fingerprint density at radius 3 is 2.70 bits per heavy atom. The second-order valence-corrected chi connectivity index (χ2v) is 5.87. The zero-order valence-electron chi connectivity index (χ0n) is 13.5. The molecule has 3 N–H and O–H groups in total. The van der Waals surface area contributed by atoms with E-state index in [1.807, 2.05) is 18.2 Å². The van der Waals surface area contributed by atoms with Crippen LogP contribution in [-0.2, 0) is 4.79 Å². The standard InChI is InChI=1S/C17H25N3O2.ClH/c1-13-9-11-18-12-15(13)20-16(21)8-5-10-19-17(22)14-6-3-2-4-7-14;/h2-4,6-7,13,15,18H,5,8-12H2,1H3,(H,19,22)(H,20,21);1H. The molecule has 1 saturated heterocycles. The topological polar surface area (TPSA) is 70.2 Å². The van der Waals surface area contributed by atoms with E-state index in [0.29, 0.717) is 30.9 Å². The Morgan fingerprint density at radius 1 is 1.26 bits per heavy atom. The maximum absolute atomic E-state index is 11.9. The van der Waals surface area contributed by atoms with Gasteiger partial charge in [-0.15, -0.1) is 12.4 Å². The van der Waals surface area contributed by atoms with Crippen molar-refractivity contribution in [1.29, 1.82) is 0 Å². The van der Waals surface area contributed by atoms with Crippen molar-refractivity contribution >= 4 is 24.2 Å². The van der Waals surface area contributed by atoms with Gasteiger partial charge in [-0.25, -0.2) is 0 Å². The van der Waals surface area contributed by atoms with Crippen LogP contribution in [0, 0.1) is 5.92 Å². The predicted octanol–water partition coefficient (Wildman–Crippen LogP) is 1.73. The fourth-order valence-electron chi connectivity index (χ4n) is 2.60. The van der Waals surface area contributed by atoms with Crippen molar-refractivity contribution in [3.05, 3.63) is 35.9 Å². The van der Waals surface area contributed by atoms with Crippen LogP contribution in [0.4, 0.5) is 0 Å². The van der Waals surface area contributed by atoms with E-state index in [-0.39, 0.29) is 30.3 Å². The number of benzene rings is 1. The van der Waals surface area contributed by atoms with E-state index < -0.39 is 0 Å². The van der Waals surface area contributed by atoms with Gasteiger partial charge in [-0.2, -0.15) is 0 Å². The molecule has 2 unspecified atom stereocenters. The normalized spacial score (nSPS) is 20.2. The van der Waals surface area contributed by atoms with Gasteiger partial charge in [0.1, 0.15) is 0 Å². The third kappa shape index (κ3) is 6.59. The van der Waals surface area contributed by atoms with Gasteiger partial charge in [-0.3, -0.25) is 9.59 Å². The molecule has 1 aliphatic rings. The Bertz CT molecular complexity index is 496. The molecule has 0 bridgehead atoms. The van der Waals surface area contributed by atoms with Crippen molar-refractivity contribution in [3.63, 3.8) is 0 Å². The summed E-state index contributed by atoms with van der Waals surface area (Å²) in [5.41, 5.74) is 0.647. The minimum absolute atomic E-state index is 0. The Balaban J connectivity index is 0.00000264. The van der Waals surface area contributed by atoms with Crippen molar-refractivity contribution < 1.29 is 9.59 Å². The quantitative estimate of drug-likeness (QED) is 0.691. The molecule has 2 rings (SSSR count). The summed E-state index contributed by atoms with van der Waals surface area (Å²) in [7, 11) is 0. The van der Waals surface area contributed by atoms with Gasteiger partial charge in [0.15, 0.2) is 0 Å². The summed E-state index contributed by atoms with van der Waals surface area (Å²) in [6.07, 6.45) is 2.19. The summed E-state index contributed by atoms with van der Waals surface area (Å²) in [6.45, 7) is 4.56. The van der Waals surface area contributed by atoms with Crippen LogP contribution in [0.25, 0.3) is 0 Å². The van der Waals surface area contributed by atoms with Crippen molar-refractivity contribution in [2.45, 2.75) is 32.2 Å². The van der Waals surface area contributed by atoms with Crippen LogP contribution >= 0.6 is 12.4 Å². The third-order valence-corrected chi connectivity index (χ3v) is 4.08. The van der Waals surface area contributed by atoms with E-state index in [9.17, 15) is 9.59 Å². The number of carbonyl (C=O) groups excluding carboxylic acids is 2. The van der Waals surface area contributed by atoms with E-state index in [0.717, 1.165) is 19.5 Å². The molecule has 0 radical (unpaired) electrons. The first kappa shape index (κ1) is 19.5. The van der Waals surface area contributed by atoms with E-state index >= 15 is 0 Å². The number of hydrogen-bond donors (Lipinski definition) is 3. The van der Waals surface area contributed by atoms with Gasteiger partial charge >= 0.3 is 0 Å². The average Bonchev–Trinajstić information content (AvgIpc) is 2.54. The molecule has 1 aromatic rings. The summed E-state index contributed by atoms with van der Waals surface area (Å²) in [4.78, 5) is 23.7. The van der Waals surface area contributed by atoms with Gasteiger partial charge in [-0.05, 0) is 37.4 Å². The maximum Gasteiger partial charge on any atom is 0.251 e. The second-order valence-electron chi connectivity index (χ2n) is 5.87. The Kier molecular flexibility index (Phi) is 8.66. The summed E-state index contributed by atoms with van der Waals surface area (Å²) in [5.74, 6) is 0.489. The van der Waals surface area contributed by atoms with Crippen LogP contribution in [0.2, 0.25) is 0 Å². The molecule has 1 aromatic carbocycles. The minimum atomic E-state index is -0.0916. The highest BCUT2D eigenvalue weighted by atomic mass is 35.5. The molecular weight excluding hydrogens is 314 g/mol. The first-order valence-electron chi connectivity index (χ1n) is 8.00. The molecule has 0 aliphatic carbocycles. The fourth-order valence-corrected chi connectivity index (χ4v) is 2.60. The lowest BCUT2D eigenvalue weighted by Gasteiger charge is -2.30. The van der Waals surface area contributed by atoms with Crippen molar-refractivity contribution in [2.75, 3.05) is 19.6 Å². The third-order valence-electron chi connectivity index (χ3n) is 4.08. The zero-order valence-corrected chi connectivity index (χ0v) is 14.3. The molecule has 128 valence electrons. The summed E-state index contributed by atoms with van der Waals surface area (Å²) in [5, 5.41) is 9.21. The summed E-state index contributed by atoms with van der Waals surface area (Å²) >= 11 is 0. The maximum atomic E-state index is 11.9. The molecule has 2 amide bonds. The average molecular weight is 340 g/mol. The van der Waals surface area contributed by atoms with E-state index in [1.165, 1.54) is 0 Å². The zero-order chi connectivity index (χ0) is 15.8. The monoisotopic (exact) mass is 339 g/mol. The van der Waals surface area contributed by atoms with Crippen LogP contribution in [-0.4, -0.2) is 37.5 Å². The number of rotatable bonds is 6. The number of halogens is 1. The molecule has 6 heteroatoms. The highest BCUT2D eigenvalue weighted by Gasteiger charge is 2.22. The van der Waals surface area contributed by atoms with Gasteiger partial charge in [0.25, 0.3) is 5.91 Å². The van der Waals surface area contributed by atoms with Gasteiger partial charge in [0, 0.05) is 31.1 Å². The lowest BCUT2D eigenvalue weighted by Crippen LogP contribution is -2.50. The van der Waals surface area contributed by atoms with Crippen molar-refractivity contribution in [2.24, 2.45) is 5.92 Å². The van der Waals surface area contributed by atoms with Crippen LogP contribution in [0.1, 0.15) is 36.5 Å². The number of nitrogens with one attached hydrogen (secondary N) is 3.